The molecule has 2 rings (SSSR count). The van der Waals surface area contributed by atoms with E-state index in [9.17, 15) is 9.18 Å². The van der Waals surface area contributed by atoms with Gasteiger partial charge in [0.2, 0.25) is 5.91 Å². The molecule has 1 aliphatic rings. The number of rotatable bonds is 5. The third-order valence-corrected chi connectivity index (χ3v) is 4.08. The zero-order valence-electron chi connectivity index (χ0n) is 11.3. The number of benzene rings is 1. The number of nitrogens with one attached hydrogen (secondary N) is 1. The van der Waals surface area contributed by atoms with Gasteiger partial charge in [0.1, 0.15) is 5.82 Å². The quantitative estimate of drug-likeness (QED) is 0.876. The highest BCUT2D eigenvalue weighted by atomic mass is 35.5. The number of halogens is 3. The number of hydrogen-bond acceptors (Lipinski definition) is 2. The number of amides is 1. The summed E-state index contributed by atoms with van der Waals surface area (Å²) in [5.41, 5.74) is 5.57. The van der Waals surface area contributed by atoms with Crippen molar-refractivity contribution in [3.8, 4) is 0 Å². The van der Waals surface area contributed by atoms with Crippen LogP contribution in [0.1, 0.15) is 25.3 Å². The highest BCUT2D eigenvalue weighted by Crippen LogP contribution is 2.39. The topological polar surface area (TPSA) is 55.1 Å². The van der Waals surface area contributed by atoms with Gasteiger partial charge in [0.15, 0.2) is 0 Å². The minimum atomic E-state index is -0.455. The predicted octanol–water partition coefficient (Wildman–Crippen LogP) is 2.69. The first-order valence-electron chi connectivity index (χ1n) is 6.40. The Morgan fingerprint density at radius 3 is 2.70 bits per heavy atom. The van der Waals surface area contributed by atoms with Gasteiger partial charge in [-0.2, -0.15) is 0 Å². The van der Waals surface area contributed by atoms with Crippen LogP contribution in [-0.2, 0) is 11.2 Å². The molecule has 1 aromatic rings. The summed E-state index contributed by atoms with van der Waals surface area (Å²) in [6.45, 7) is 2.32. The number of carbonyl (C=O) groups is 1. The standard InChI is InChI=1S/C14H18ClFN2O.ClH/c1-14(8-17,9-5-6-9)18-13(19)7-10-11(15)3-2-4-12(10)16;/h2-4,9H,5-8,17H2,1H3,(H,18,19);1H. The van der Waals surface area contributed by atoms with Crippen molar-refractivity contribution in [2.75, 3.05) is 6.54 Å². The molecule has 0 aliphatic heterocycles. The predicted molar refractivity (Wildman–Crippen MR) is 80.7 cm³/mol. The Bertz CT molecular complexity index is 474. The molecule has 1 aliphatic carbocycles. The summed E-state index contributed by atoms with van der Waals surface area (Å²) in [4.78, 5) is 12.0. The van der Waals surface area contributed by atoms with Gasteiger partial charge >= 0.3 is 0 Å². The van der Waals surface area contributed by atoms with Crippen molar-refractivity contribution < 1.29 is 9.18 Å². The van der Waals surface area contributed by atoms with Crippen LogP contribution in [-0.4, -0.2) is 18.0 Å². The molecule has 0 spiro atoms. The second-order valence-electron chi connectivity index (χ2n) is 5.32. The maximum atomic E-state index is 13.6. The summed E-state index contributed by atoms with van der Waals surface area (Å²) >= 11 is 5.91. The molecule has 3 nitrogen and oxygen atoms in total. The van der Waals surface area contributed by atoms with Gasteiger partial charge in [-0.1, -0.05) is 17.7 Å². The second-order valence-corrected chi connectivity index (χ2v) is 5.73. The molecule has 3 N–H and O–H groups in total. The fraction of sp³-hybridized carbons (Fsp3) is 0.500. The average Bonchev–Trinajstić information content (AvgIpc) is 3.18. The molecule has 112 valence electrons. The van der Waals surface area contributed by atoms with Crippen LogP contribution in [0.5, 0.6) is 0 Å². The number of hydrogen-bond donors (Lipinski definition) is 2. The van der Waals surface area contributed by atoms with Crippen LogP contribution in [0.3, 0.4) is 0 Å². The highest BCUT2D eigenvalue weighted by molar-refractivity contribution is 6.31. The van der Waals surface area contributed by atoms with E-state index in [1.54, 1.807) is 6.07 Å². The number of nitrogens with two attached hydrogens (primary N) is 1. The van der Waals surface area contributed by atoms with Crippen molar-refractivity contribution in [2.24, 2.45) is 11.7 Å². The Morgan fingerprint density at radius 1 is 1.55 bits per heavy atom. The lowest BCUT2D eigenvalue weighted by molar-refractivity contribution is -0.122. The minimum absolute atomic E-state index is 0. The molecule has 1 amide bonds. The molecular weight excluding hydrogens is 302 g/mol. The lowest BCUT2D eigenvalue weighted by atomic mass is 9.95. The van der Waals surface area contributed by atoms with E-state index >= 15 is 0 Å². The SMILES string of the molecule is CC(CN)(NC(=O)Cc1c(F)cccc1Cl)C1CC1.Cl. The van der Waals surface area contributed by atoms with E-state index in [0.717, 1.165) is 12.8 Å². The van der Waals surface area contributed by atoms with Gasteiger partial charge in [-0.05, 0) is 37.8 Å². The average molecular weight is 321 g/mol. The zero-order valence-corrected chi connectivity index (χ0v) is 12.9. The third kappa shape index (κ3) is 3.84. The summed E-state index contributed by atoms with van der Waals surface area (Å²) in [5.74, 6) is -0.270. The van der Waals surface area contributed by atoms with Gasteiger partial charge in [-0.3, -0.25) is 4.79 Å². The molecule has 1 aromatic carbocycles. The van der Waals surface area contributed by atoms with Crippen molar-refractivity contribution in [1.29, 1.82) is 0 Å². The van der Waals surface area contributed by atoms with E-state index in [1.807, 2.05) is 6.92 Å². The van der Waals surface area contributed by atoms with Crippen LogP contribution in [0.25, 0.3) is 0 Å². The third-order valence-electron chi connectivity index (χ3n) is 3.73. The zero-order chi connectivity index (χ0) is 14.0. The largest absolute Gasteiger partial charge is 0.349 e. The molecule has 0 heterocycles. The first-order chi connectivity index (χ1) is 8.96. The number of carbonyl (C=O) groups excluding carboxylic acids is 1. The Morgan fingerprint density at radius 2 is 2.20 bits per heavy atom. The lowest BCUT2D eigenvalue weighted by Crippen LogP contribution is -2.53. The van der Waals surface area contributed by atoms with Crippen molar-refractivity contribution >= 4 is 29.9 Å². The molecule has 1 unspecified atom stereocenters. The monoisotopic (exact) mass is 320 g/mol. The molecule has 20 heavy (non-hydrogen) atoms. The summed E-state index contributed by atoms with van der Waals surface area (Å²) in [6, 6.07) is 4.40. The van der Waals surface area contributed by atoms with Crippen molar-refractivity contribution in [2.45, 2.75) is 31.7 Å². The van der Waals surface area contributed by atoms with Crippen molar-refractivity contribution in [3.63, 3.8) is 0 Å². The Hall–Kier alpha value is -0.840. The second kappa shape index (κ2) is 6.74. The molecule has 0 saturated heterocycles. The van der Waals surface area contributed by atoms with Gasteiger partial charge in [0.05, 0.1) is 12.0 Å². The Labute approximate surface area is 129 Å². The fourth-order valence-electron chi connectivity index (χ4n) is 2.26. The van der Waals surface area contributed by atoms with Gasteiger partial charge in [0.25, 0.3) is 0 Å². The van der Waals surface area contributed by atoms with Crippen LogP contribution < -0.4 is 11.1 Å². The van der Waals surface area contributed by atoms with E-state index in [2.05, 4.69) is 5.32 Å². The van der Waals surface area contributed by atoms with Gasteiger partial charge in [-0.25, -0.2) is 4.39 Å². The van der Waals surface area contributed by atoms with Crippen LogP contribution in [0.15, 0.2) is 18.2 Å². The lowest BCUT2D eigenvalue weighted by Gasteiger charge is -2.29. The molecule has 0 radical (unpaired) electrons. The Kier molecular flexibility index (Phi) is 5.80. The molecule has 0 aromatic heterocycles. The normalized spacial score (nSPS) is 17.0. The van der Waals surface area contributed by atoms with Gasteiger partial charge < -0.3 is 11.1 Å². The highest BCUT2D eigenvalue weighted by Gasteiger charge is 2.41. The van der Waals surface area contributed by atoms with Crippen molar-refractivity contribution in [3.05, 3.63) is 34.6 Å². The van der Waals surface area contributed by atoms with Crippen LogP contribution in [0, 0.1) is 11.7 Å². The van der Waals surface area contributed by atoms with E-state index in [0.29, 0.717) is 12.5 Å². The summed E-state index contributed by atoms with van der Waals surface area (Å²) in [6.07, 6.45) is 2.09. The van der Waals surface area contributed by atoms with Gasteiger partial charge in [0, 0.05) is 17.1 Å². The summed E-state index contributed by atoms with van der Waals surface area (Å²) in [7, 11) is 0. The molecule has 6 heteroatoms. The first-order valence-corrected chi connectivity index (χ1v) is 6.78. The maximum Gasteiger partial charge on any atom is 0.225 e. The molecule has 1 atom stereocenters. The summed E-state index contributed by atoms with van der Waals surface area (Å²) in [5, 5.41) is 3.19. The van der Waals surface area contributed by atoms with E-state index in [1.165, 1.54) is 12.1 Å². The van der Waals surface area contributed by atoms with Crippen LogP contribution in [0.2, 0.25) is 5.02 Å². The Balaban J connectivity index is 0.00000200. The van der Waals surface area contributed by atoms with Crippen molar-refractivity contribution in [1.82, 2.24) is 5.32 Å². The minimum Gasteiger partial charge on any atom is -0.349 e. The maximum absolute atomic E-state index is 13.6. The van der Waals surface area contributed by atoms with E-state index in [-0.39, 0.29) is 35.3 Å². The first kappa shape index (κ1) is 17.2. The molecule has 1 fully saturated rings. The molecule has 1 saturated carbocycles. The molecule has 0 bridgehead atoms. The van der Waals surface area contributed by atoms with Gasteiger partial charge in [-0.15, -0.1) is 12.4 Å². The summed E-state index contributed by atoms with van der Waals surface area (Å²) < 4.78 is 13.6. The fourth-order valence-corrected chi connectivity index (χ4v) is 2.49. The molecular formula is C14H19Cl2FN2O. The van der Waals surface area contributed by atoms with Crippen LogP contribution in [0.4, 0.5) is 4.39 Å². The van der Waals surface area contributed by atoms with Crippen LogP contribution >= 0.6 is 24.0 Å². The van der Waals surface area contributed by atoms with E-state index in [4.69, 9.17) is 17.3 Å². The van der Waals surface area contributed by atoms with E-state index < -0.39 is 11.4 Å². The smallest absolute Gasteiger partial charge is 0.225 e.